The van der Waals surface area contributed by atoms with Crippen LogP contribution in [-0.4, -0.2) is 73.3 Å². The quantitative estimate of drug-likeness (QED) is 0.308. The van der Waals surface area contributed by atoms with Crippen LogP contribution in [0.3, 0.4) is 0 Å². The number of hydrogen-bond acceptors (Lipinski definition) is 12. The number of anilines is 1. The molecule has 14 nitrogen and oxygen atoms in total. The third-order valence-electron chi connectivity index (χ3n) is 5.26. The molecule has 4 N–H and O–H groups in total. The van der Waals surface area contributed by atoms with Gasteiger partial charge in [0, 0.05) is 13.5 Å². The molecular weight excluding hydrogens is 468 g/mol. The number of rotatable bonds is 9. The van der Waals surface area contributed by atoms with Crippen LogP contribution in [-0.2, 0) is 27.7 Å². The Labute approximate surface area is 195 Å². The number of ether oxygens (including phenoxy) is 1. The zero-order chi connectivity index (χ0) is 24.6. The van der Waals surface area contributed by atoms with E-state index in [4.69, 9.17) is 9.26 Å². The Morgan fingerprint density at radius 1 is 1.21 bits per heavy atom. The second-order valence-corrected chi connectivity index (χ2v) is 10.2. The van der Waals surface area contributed by atoms with Gasteiger partial charge in [-0.1, -0.05) is 25.9 Å². The van der Waals surface area contributed by atoms with Gasteiger partial charge in [-0.15, -0.1) is 0 Å². The van der Waals surface area contributed by atoms with Gasteiger partial charge in [0.1, 0.15) is 18.0 Å². The van der Waals surface area contributed by atoms with Crippen LogP contribution in [0.1, 0.15) is 50.6 Å². The van der Waals surface area contributed by atoms with Gasteiger partial charge in [0.05, 0.1) is 18.6 Å². The number of aromatic nitrogens is 6. The number of fused-ring (bicyclic) bond motifs is 1. The lowest BCUT2D eigenvalue weighted by atomic mass is 10.1. The number of aliphatic hydroxyl groups excluding tert-OH is 2. The van der Waals surface area contributed by atoms with Crippen molar-refractivity contribution in [3.8, 4) is 0 Å². The molecule has 0 aliphatic carbocycles. The maximum atomic E-state index is 12.2. The second-order valence-electron chi connectivity index (χ2n) is 8.39. The fourth-order valence-corrected chi connectivity index (χ4v) is 5.05. The predicted molar refractivity (Wildman–Crippen MR) is 119 cm³/mol. The van der Waals surface area contributed by atoms with E-state index in [1.807, 2.05) is 20.8 Å². The van der Waals surface area contributed by atoms with Crippen LogP contribution in [0.5, 0.6) is 0 Å². The summed E-state index contributed by atoms with van der Waals surface area (Å²) in [4.78, 5) is 17.3. The minimum atomic E-state index is -3.51. The molecule has 4 atom stereocenters. The van der Waals surface area contributed by atoms with Crippen molar-refractivity contribution in [3.05, 3.63) is 23.9 Å². The topological polar surface area (TPSA) is 190 Å². The Bertz CT molecular complexity index is 1260. The average Bonchev–Trinajstić information content (AvgIpc) is 3.49. The summed E-state index contributed by atoms with van der Waals surface area (Å²) in [6, 6.07) is 0. The molecule has 0 amide bonds. The maximum Gasteiger partial charge on any atom is 0.226 e. The highest BCUT2D eigenvalue weighted by Gasteiger charge is 2.47. The minimum absolute atomic E-state index is 0.0245. The van der Waals surface area contributed by atoms with Crippen molar-refractivity contribution < 1.29 is 27.9 Å². The Hall–Kier alpha value is -2.72. The summed E-state index contributed by atoms with van der Waals surface area (Å²) in [5.74, 6) is 1.01. The SMILES string of the molecule is CCc1nc([C@H]2O[C@@H](n3cnc4c(NC)nc(CNS(=O)(=O)CC(C)C)nc43)[C@H](O)[C@@H]2O)no1. The van der Waals surface area contributed by atoms with Gasteiger partial charge in [0.2, 0.25) is 21.7 Å². The zero-order valence-electron chi connectivity index (χ0n) is 19.2. The molecule has 186 valence electrons. The van der Waals surface area contributed by atoms with Gasteiger partial charge in [0.25, 0.3) is 0 Å². The lowest BCUT2D eigenvalue weighted by Gasteiger charge is -2.17. The molecular formula is C19H28N8O6S. The van der Waals surface area contributed by atoms with E-state index in [0.29, 0.717) is 23.6 Å². The Kier molecular flexibility index (Phi) is 6.82. The van der Waals surface area contributed by atoms with E-state index in [0.717, 1.165) is 0 Å². The molecule has 15 heteroatoms. The van der Waals surface area contributed by atoms with Gasteiger partial charge in [-0.05, 0) is 5.92 Å². The molecule has 34 heavy (non-hydrogen) atoms. The smallest absolute Gasteiger partial charge is 0.226 e. The lowest BCUT2D eigenvalue weighted by molar-refractivity contribution is -0.0388. The van der Waals surface area contributed by atoms with Crippen LogP contribution in [0, 0.1) is 5.92 Å². The van der Waals surface area contributed by atoms with Crippen molar-refractivity contribution in [1.82, 2.24) is 34.4 Å². The van der Waals surface area contributed by atoms with E-state index in [9.17, 15) is 18.6 Å². The molecule has 1 fully saturated rings. The monoisotopic (exact) mass is 496 g/mol. The molecule has 1 aliphatic heterocycles. The number of aryl methyl sites for hydroxylation is 1. The van der Waals surface area contributed by atoms with Crippen LogP contribution < -0.4 is 10.0 Å². The van der Waals surface area contributed by atoms with Gasteiger partial charge in [-0.25, -0.2) is 28.1 Å². The lowest BCUT2D eigenvalue weighted by Crippen LogP contribution is -2.30. The van der Waals surface area contributed by atoms with Gasteiger partial charge >= 0.3 is 0 Å². The van der Waals surface area contributed by atoms with Gasteiger partial charge < -0.3 is 24.8 Å². The number of imidazole rings is 1. The van der Waals surface area contributed by atoms with E-state index in [2.05, 4.69) is 35.1 Å². The van der Waals surface area contributed by atoms with Gasteiger partial charge in [0.15, 0.2) is 29.3 Å². The van der Waals surface area contributed by atoms with Crippen LogP contribution >= 0.6 is 0 Å². The number of sulfonamides is 1. The number of nitrogens with zero attached hydrogens (tertiary/aromatic N) is 6. The predicted octanol–water partition coefficient (Wildman–Crippen LogP) is -0.119. The fourth-order valence-electron chi connectivity index (χ4n) is 3.70. The Morgan fingerprint density at radius 3 is 2.62 bits per heavy atom. The molecule has 1 aliphatic rings. The van der Waals surface area contributed by atoms with E-state index in [-0.39, 0.29) is 35.5 Å². The second kappa shape index (κ2) is 9.50. The first kappa shape index (κ1) is 24.4. The zero-order valence-corrected chi connectivity index (χ0v) is 20.0. The average molecular weight is 497 g/mol. The first-order valence-electron chi connectivity index (χ1n) is 10.9. The first-order chi connectivity index (χ1) is 16.1. The normalized spacial score (nSPS) is 23.3. The molecule has 4 rings (SSSR count). The maximum absolute atomic E-state index is 12.2. The fraction of sp³-hybridized carbons (Fsp3) is 0.632. The molecule has 1 saturated heterocycles. The van der Waals surface area contributed by atoms with Crippen LogP contribution in [0.2, 0.25) is 0 Å². The highest BCUT2D eigenvalue weighted by atomic mass is 32.2. The highest BCUT2D eigenvalue weighted by Crippen LogP contribution is 2.39. The van der Waals surface area contributed by atoms with Crippen molar-refractivity contribution in [2.24, 2.45) is 5.92 Å². The van der Waals surface area contributed by atoms with E-state index in [1.165, 1.54) is 10.9 Å². The summed E-state index contributed by atoms with van der Waals surface area (Å²) in [6.45, 7) is 5.34. The van der Waals surface area contributed by atoms with E-state index < -0.39 is 34.6 Å². The molecule has 4 heterocycles. The summed E-state index contributed by atoms with van der Waals surface area (Å²) >= 11 is 0. The summed E-state index contributed by atoms with van der Waals surface area (Å²) < 4.78 is 39.4. The third kappa shape index (κ3) is 4.74. The number of hydrogen-bond donors (Lipinski definition) is 4. The Morgan fingerprint density at radius 2 is 1.97 bits per heavy atom. The van der Waals surface area contributed by atoms with Crippen LogP contribution in [0.25, 0.3) is 11.2 Å². The minimum Gasteiger partial charge on any atom is -0.387 e. The molecule has 0 bridgehead atoms. The van der Waals surface area contributed by atoms with Gasteiger partial charge in [-0.3, -0.25) is 4.57 Å². The van der Waals surface area contributed by atoms with Crippen molar-refractivity contribution in [2.75, 3.05) is 18.1 Å². The van der Waals surface area contributed by atoms with Crippen molar-refractivity contribution in [3.63, 3.8) is 0 Å². The summed E-state index contributed by atoms with van der Waals surface area (Å²) in [5, 5.41) is 28.0. The molecule has 3 aromatic heterocycles. The molecule has 0 unspecified atom stereocenters. The summed E-state index contributed by atoms with van der Waals surface area (Å²) in [7, 11) is -1.86. The first-order valence-corrected chi connectivity index (χ1v) is 12.5. The van der Waals surface area contributed by atoms with Crippen molar-refractivity contribution in [2.45, 2.75) is 58.3 Å². The van der Waals surface area contributed by atoms with Crippen molar-refractivity contribution in [1.29, 1.82) is 0 Å². The van der Waals surface area contributed by atoms with E-state index in [1.54, 1.807) is 7.05 Å². The van der Waals surface area contributed by atoms with Crippen LogP contribution in [0.4, 0.5) is 5.82 Å². The highest BCUT2D eigenvalue weighted by molar-refractivity contribution is 7.89. The third-order valence-corrected chi connectivity index (χ3v) is 6.95. The van der Waals surface area contributed by atoms with Crippen molar-refractivity contribution >= 4 is 27.0 Å². The summed E-state index contributed by atoms with van der Waals surface area (Å²) in [5.41, 5.74) is 0.675. The largest absolute Gasteiger partial charge is 0.387 e. The van der Waals surface area contributed by atoms with Gasteiger partial charge in [-0.2, -0.15) is 4.98 Å². The molecule has 0 radical (unpaired) electrons. The molecule has 0 saturated carbocycles. The summed E-state index contributed by atoms with van der Waals surface area (Å²) in [6.07, 6.45) is -2.82. The standard InChI is InChI=1S/C19H28N8O6S/c1-5-11-25-17(26-33-11)15-13(28)14(29)19(32-15)27-8-21-12-16(20-4)23-10(24-18(12)27)6-22-34(30,31)7-9(2)3/h8-9,13-15,19,22,28-29H,5-7H2,1-4H3,(H,20,23,24)/t13-,14+,15-,19+/m0/s1. The van der Waals surface area contributed by atoms with E-state index >= 15 is 0 Å². The molecule has 0 spiro atoms. The number of aliphatic hydroxyl groups is 2. The Balaban J connectivity index is 1.64. The molecule has 0 aromatic carbocycles. The molecule has 3 aromatic rings. The number of nitrogens with one attached hydrogen (secondary N) is 2. The van der Waals surface area contributed by atoms with Crippen LogP contribution in [0.15, 0.2) is 10.9 Å².